The minimum absolute atomic E-state index is 0.0274. The highest BCUT2D eigenvalue weighted by molar-refractivity contribution is 6.01. The topological polar surface area (TPSA) is 130 Å². The van der Waals surface area contributed by atoms with Crippen molar-refractivity contribution in [3.05, 3.63) is 89.7 Å². The number of urea groups is 1. The largest absolute Gasteiger partial charge is 0.466 e. The number of benzene rings is 2. The van der Waals surface area contributed by atoms with Gasteiger partial charge in [-0.3, -0.25) is 19.4 Å². The van der Waals surface area contributed by atoms with Crippen LogP contribution < -0.4 is 20.9 Å². The third kappa shape index (κ3) is 7.43. The zero-order valence-corrected chi connectivity index (χ0v) is 22.6. The summed E-state index contributed by atoms with van der Waals surface area (Å²) >= 11 is 0. The number of carbonyl (C=O) groups is 4. The number of aryl methyl sites for hydroxylation is 1. The van der Waals surface area contributed by atoms with E-state index in [1.165, 1.54) is 0 Å². The van der Waals surface area contributed by atoms with Crippen LogP contribution in [-0.4, -0.2) is 42.0 Å². The summed E-state index contributed by atoms with van der Waals surface area (Å²) in [6.07, 6.45) is 3.18. The molecular formula is C30H33N5O5. The molecule has 3 aromatic rings. The Morgan fingerprint density at radius 3 is 2.62 bits per heavy atom. The van der Waals surface area contributed by atoms with Gasteiger partial charge in [0.2, 0.25) is 11.8 Å². The quantitative estimate of drug-likeness (QED) is 0.333. The van der Waals surface area contributed by atoms with Gasteiger partial charge >= 0.3 is 12.0 Å². The first-order valence-corrected chi connectivity index (χ1v) is 13.2. The fourth-order valence-electron chi connectivity index (χ4n) is 4.56. The molecule has 1 aromatic heterocycles. The van der Waals surface area contributed by atoms with Crippen molar-refractivity contribution in [3.8, 4) is 0 Å². The number of amides is 4. The number of rotatable bonds is 10. The van der Waals surface area contributed by atoms with E-state index in [0.29, 0.717) is 23.5 Å². The molecule has 208 valence electrons. The Hall–Kier alpha value is -4.73. The first-order valence-electron chi connectivity index (χ1n) is 13.2. The summed E-state index contributed by atoms with van der Waals surface area (Å²) in [7, 11) is 0. The smallest absolute Gasteiger partial charge is 0.319 e. The van der Waals surface area contributed by atoms with Crippen LogP contribution >= 0.6 is 0 Å². The normalized spacial score (nSPS) is 15.3. The van der Waals surface area contributed by atoms with Gasteiger partial charge in [0, 0.05) is 43.3 Å². The van der Waals surface area contributed by atoms with Crippen LogP contribution in [0.1, 0.15) is 42.5 Å². The molecule has 0 radical (unpaired) electrons. The van der Waals surface area contributed by atoms with Gasteiger partial charge < -0.3 is 25.6 Å². The van der Waals surface area contributed by atoms with E-state index in [1.807, 2.05) is 43.3 Å². The summed E-state index contributed by atoms with van der Waals surface area (Å²) < 4.78 is 5.07. The van der Waals surface area contributed by atoms with Crippen LogP contribution in [-0.2, 0) is 25.7 Å². The van der Waals surface area contributed by atoms with Gasteiger partial charge in [-0.15, -0.1) is 0 Å². The van der Waals surface area contributed by atoms with E-state index < -0.39 is 17.9 Å². The predicted octanol–water partition coefficient (Wildman–Crippen LogP) is 3.88. The number of esters is 1. The van der Waals surface area contributed by atoms with Gasteiger partial charge in [-0.2, -0.15) is 0 Å². The average Bonchev–Trinajstić information content (AvgIpc) is 3.35. The molecule has 40 heavy (non-hydrogen) atoms. The molecule has 1 fully saturated rings. The molecule has 2 atom stereocenters. The Kier molecular flexibility index (Phi) is 9.45. The van der Waals surface area contributed by atoms with E-state index in [0.717, 1.165) is 11.1 Å². The van der Waals surface area contributed by atoms with Crippen molar-refractivity contribution in [2.45, 2.75) is 39.3 Å². The lowest BCUT2D eigenvalue weighted by atomic mass is 10.0. The summed E-state index contributed by atoms with van der Waals surface area (Å²) in [5, 5.41) is 8.53. The molecule has 0 bridgehead atoms. The summed E-state index contributed by atoms with van der Waals surface area (Å²) in [6, 6.07) is 17.4. The van der Waals surface area contributed by atoms with E-state index in [9.17, 15) is 19.2 Å². The minimum Gasteiger partial charge on any atom is -0.466 e. The number of anilines is 2. The van der Waals surface area contributed by atoms with Gasteiger partial charge in [-0.1, -0.05) is 42.5 Å². The summed E-state index contributed by atoms with van der Waals surface area (Å²) in [5.41, 5.74) is 3.63. The second kappa shape index (κ2) is 13.4. The number of pyridine rings is 1. The van der Waals surface area contributed by atoms with E-state index in [-0.39, 0.29) is 43.8 Å². The van der Waals surface area contributed by atoms with Crippen LogP contribution in [0.15, 0.2) is 73.1 Å². The maximum atomic E-state index is 13.2. The third-order valence-corrected chi connectivity index (χ3v) is 6.63. The van der Waals surface area contributed by atoms with Crippen molar-refractivity contribution in [2.24, 2.45) is 5.92 Å². The lowest BCUT2D eigenvalue weighted by Gasteiger charge is -2.22. The second-order valence-electron chi connectivity index (χ2n) is 9.56. The molecule has 0 aliphatic carbocycles. The minimum atomic E-state index is -0.631. The Bertz CT molecular complexity index is 1350. The van der Waals surface area contributed by atoms with Gasteiger partial charge in [0.25, 0.3) is 0 Å². The van der Waals surface area contributed by atoms with Crippen LogP contribution in [0.2, 0.25) is 0 Å². The van der Waals surface area contributed by atoms with Gasteiger partial charge in [0.1, 0.15) is 0 Å². The van der Waals surface area contributed by atoms with E-state index in [4.69, 9.17) is 4.74 Å². The Balaban J connectivity index is 1.41. The number of nitrogens with zero attached hydrogens (tertiary/aromatic N) is 2. The van der Waals surface area contributed by atoms with Gasteiger partial charge in [-0.25, -0.2) is 4.79 Å². The Morgan fingerprint density at radius 1 is 1.10 bits per heavy atom. The molecule has 1 saturated heterocycles. The monoisotopic (exact) mass is 543 g/mol. The van der Waals surface area contributed by atoms with Gasteiger partial charge in [-0.05, 0) is 48.7 Å². The lowest BCUT2D eigenvalue weighted by molar-refractivity contribution is -0.144. The van der Waals surface area contributed by atoms with Crippen molar-refractivity contribution < 1.29 is 23.9 Å². The highest BCUT2D eigenvalue weighted by Gasteiger charge is 2.37. The SMILES string of the molecule is CCOC(=O)CC(NC(=O)C1CC(=O)N(c2cc(NC(=O)NCc3ccccc3)ccc2C)C1)c1cccnc1. The molecule has 0 saturated carbocycles. The summed E-state index contributed by atoms with van der Waals surface area (Å²) in [6.45, 7) is 4.38. The first kappa shape index (κ1) is 28.3. The maximum absolute atomic E-state index is 13.2. The van der Waals surface area contributed by atoms with E-state index >= 15 is 0 Å². The standard InChI is InChI=1S/C30H33N5O5/c1-3-40-28(37)16-25(22-10-7-13-31-18-22)34-29(38)23-14-27(36)35(19-23)26-15-24(12-11-20(26)2)33-30(39)32-17-21-8-5-4-6-9-21/h4-13,15,18,23,25H,3,14,16-17,19H2,1-2H3,(H,34,38)(H2,32,33,39). The zero-order valence-electron chi connectivity index (χ0n) is 22.6. The molecular weight excluding hydrogens is 510 g/mol. The van der Waals surface area contributed by atoms with Gasteiger partial charge in [0.05, 0.1) is 25.0 Å². The fraction of sp³-hybridized carbons (Fsp3) is 0.300. The van der Waals surface area contributed by atoms with Crippen LogP contribution in [0.5, 0.6) is 0 Å². The van der Waals surface area contributed by atoms with Crippen LogP contribution in [0.3, 0.4) is 0 Å². The van der Waals surface area contributed by atoms with Gasteiger partial charge in [0.15, 0.2) is 0 Å². The maximum Gasteiger partial charge on any atom is 0.319 e. The number of ether oxygens (including phenoxy) is 1. The Labute approximate surface area is 233 Å². The van der Waals surface area contributed by atoms with Crippen molar-refractivity contribution in [1.82, 2.24) is 15.6 Å². The van der Waals surface area contributed by atoms with E-state index in [1.54, 1.807) is 48.5 Å². The number of carbonyl (C=O) groups excluding carboxylic acids is 4. The van der Waals surface area contributed by atoms with Crippen molar-refractivity contribution in [3.63, 3.8) is 0 Å². The molecule has 4 amide bonds. The van der Waals surface area contributed by atoms with Crippen LogP contribution in [0.4, 0.5) is 16.2 Å². The zero-order chi connectivity index (χ0) is 28.5. The van der Waals surface area contributed by atoms with Crippen LogP contribution in [0, 0.1) is 12.8 Å². The molecule has 10 heteroatoms. The van der Waals surface area contributed by atoms with Crippen molar-refractivity contribution in [2.75, 3.05) is 23.4 Å². The lowest BCUT2D eigenvalue weighted by Crippen LogP contribution is -2.36. The molecule has 1 aliphatic heterocycles. The molecule has 0 spiro atoms. The highest BCUT2D eigenvalue weighted by atomic mass is 16.5. The number of hydrogen-bond acceptors (Lipinski definition) is 6. The predicted molar refractivity (Wildman–Crippen MR) is 150 cm³/mol. The van der Waals surface area contributed by atoms with Crippen molar-refractivity contribution >= 4 is 35.2 Å². The first-order chi connectivity index (χ1) is 19.3. The fourth-order valence-corrected chi connectivity index (χ4v) is 4.56. The Morgan fingerprint density at radius 2 is 1.90 bits per heavy atom. The molecule has 10 nitrogen and oxygen atoms in total. The third-order valence-electron chi connectivity index (χ3n) is 6.63. The summed E-state index contributed by atoms with van der Waals surface area (Å²) in [4.78, 5) is 56.6. The number of nitrogens with one attached hydrogen (secondary N) is 3. The number of hydrogen-bond donors (Lipinski definition) is 3. The second-order valence-corrected chi connectivity index (χ2v) is 9.56. The van der Waals surface area contributed by atoms with Crippen molar-refractivity contribution in [1.29, 1.82) is 0 Å². The highest BCUT2D eigenvalue weighted by Crippen LogP contribution is 2.31. The molecule has 2 unspecified atom stereocenters. The number of aromatic nitrogens is 1. The molecule has 4 rings (SSSR count). The van der Waals surface area contributed by atoms with E-state index in [2.05, 4.69) is 20.9 Å². The average molecular weight is 544 g/mol. The molecule has 2 heterocycles. The molecule has 3 N–H and O–H groups in total. The summed E-state index contributed by atoms with van der Waals surface area (Å²) in [5.74, 6) is -1.58. The van der Waals surface area contributed by atoms with Crippen LogP contribution in [0.25, 0.3) is 0 Å². The molecule has 2 aromatic carbocycles. The molecule has 1 aliphatic rings.